The molecule has 0 bridgehead atoms. The molecule has 1 spiro atoms. The van der Waals surface area contributed by atoms with Crippen molar-refractivity contribution < 1.29 is 19.2 Å². The monoisotopic (exact) mass is 470 g/mol. The summed E-state index contributed by atoms with van der Waals surface area (Å²) in [7, 11) is 0. The van der Waals surface area contributed by atoms with E-state index in [2.05, 4.69) is 20.8 Å². The number of piperidine rings is 2. The summed E-state index contributed by atoms with van der Waals surface area (Å²) in [5, 5.41) is 13.7. The lowest BCUT2D eigenvalue weighted by Gasteiger charge is -2.42. The van der Waals surface area contributed by atoms with Crippen LogP contribution in [0.5, 0.6) is 0 Å². The summed E-state index contributed by atoms with van der Waals surface area (Å²) in [6.07, 6.45) is 6.82. The molecule has 10 heteroatoms. The minimum absolute atomic E-state index is 0.0312. The number of hydrogen-bond acceptors (Lipinski definition) is 6. The maximum absolute atomic E-state index is 13.2. The Hall–Kier alpha value is -3.04. The smallest absolute Gasteiger partial charge is 0.274 e. The zero-order valence-corrected chi connectivity index (χ0v) is 19.8. The molecule has 0 saturated carbocycles. The lowest BCUT2D eigenvalue weighted by Crippen LogP contribution is -2.55. The number of amides is 4. The highest BCUT2D eigenvalue weighted by Crippen LogP contribution is 2.38. The topological polar surface area (TPSA) is 125 Å². The summed E-state index contributed by atoms with van der Waals surface area (Å²) in [4.78, 5) is 54.1. The number of likely N-dealkylation sites (tertiary alicyclic amines) is 2. The Kier molecular flexibility index (Phi) is 7.43. The van der Waals surface area contributed by atoms with Crippen molar-refractivity contribution in [3.63, 3.8) is 0 Å². The van der Waals surface area contributed by atoms with Gasteiger partial charge in [0.15, 0.2) is 5.69 Å². The summed E-state index contributed by atoms with van der Waals surface area (Å²) in [5.41, 5.74) is -0.282. The summed E-state index contributed by atoms with van der Waals surface area (Å²) in [6, 6.07) is 3.36. The molecule has 3 fully saturated rings. The van der Waals surface area contributed by atoms with Gasteiger partial charge in [-0.25, -0.2) is 0 Å². The van der Waals surface area contributed by atoms with Gasteiger partial charge >= 0.3 is 0 Å². The van der Waals surface area contributed by atoms with Gasteiger partial charge in [0.2, 0.25) is 17.7 Å². The molecule has 0 radical (unpaired) electrons. The Morgan fingerprint density at radius 2 is 1.85 bits per heavy atom. The highest BCUT2D eigenvalue weighted by Gasteiger charge is 2.42. The molecule has 3 saturated heterocycles. The van der Waals surface area contributed by atoms with E-state index in [4.69, 9.17) is 0 Å². The van der Waals surface area contributed by atoms with Gasteiger partial charge in [-0.2, -0.15) is 5.10 Å². The third-order valence-corrected chi connectivity index (χ3v) is 7.70. The molecule has 3 aliphatic heterocycles. The van der Waals surface area contributed by atoms with Crippen LogP contribution >= 0.6 is 0 Å². The zero-order valence-electron chi connectivity index (χ0n) is 19.8. The molecule has 4 rings (SSSR count). The first kappa shape index (κ1) is 24.1. The molecule has 1 aromatic heterocycles. The molecule has 10 nitrogen and oxygen atoms in total. The molecule has 0 unspecified atom stereocenters. The number of rotatable bonds is 1. The quantitative estimate of drug-likeness (QED) is 0.624. The van der Waals surface area contributed by atoms with Crippen molar-refractivity contribution in [2.24, 2.45) is 11.3 Å². The number of aromatic nitrogens is 2. The Morgan fingerprint density at radius 1 is 1.06 bits per heavy atom. The van der Waals surface area contributed by atoms with E-state index in [9.17, 15) is 19.2 Å². The second-order valence-electron chi connectivity index (χ2n) is 9.80. The van der Waals surface area contributed by atoms with Crippen molar-refractivity contribution in [2.75, 3.05) is 32.7 Å². The van der Waals surface area contributed by atoms with Gasteiger partial charge in [0, 0.05) is 45.3 Å². The number of hydrogen-bond donors (Lipinski definition) is 2. The van der Waals surface area contributed by atoms with Crippen LogP contribution in [0.3, 0.4) is 0 Å². The van der Waals surface area contributed by atoms with Gasteiger partial charge in [0.05, 0.1) is 12.0 Å². The first-order valence-corrected chi connectivity index (χ1v) is 12.3. The third kappa shape index (κ3) is 5.37. The molecule has 2 N–H and O–H groups in total. The molecule has 2 atom stereocenters. The second kappa shape index (κ2) is 10.5. The number of carbonyl (C=O) groups is 4. The summed E-state index contributed by atoms with van der Waals surface area (Å²) in [6.45, 7) is 3.78. The van der Waals surface area contributed by atoms with Crippen molar-refractivity contribution in [3.8, 4) is 0 Å². The largest absolute Gasteiger partial charge is 0.351 e. The maximum atomic E-state index is 13.2. The average Bonchev–Trinajstić information content (AvgIpc) is 2.85. The molecule has 1 aromatic rings. The molecule has 4 heterocycles. The van der Waals surface area contributed by atoms with Crippen molar-refractivity contribution in [2.45, 2.75) is 57.9 Å². The van der Waals surface area contributed by atoms with Crippen LogP contribution < -0.4 is 10.6 Å². The van der Waals surface area contributed by atoms with Crippen molar-refractivity contribution >= 4 is 23.6 Å². The molecule has 0 aromatic carbocycles. The maximum Gasteiger partial charge on any atom is 0.274 e. The van der Waals surface area contributed by atoms with Crippen LogP contribution in [-0.4, -0.2) is 82.4 Å². The van der Waals surface area contributed by atoms with Crippen LogP contribution in [0.25, 0.3) is 0 Å². The van der Waals surface area contributed by atoms with Crippen molar-refractivity contribution in [1.29, 1.82) is 0 Å². The van der Waals surface area contributed by atoms with Gasteiger partial charge in [0.1, 0.15) is 0 Å². The molecule has 0 aliphatic carbocycles. The van der Waals surface area contributed by atoms with E-state index in [-0.39, 0.29) is 42.1 Å². The Morgan fingerprint density at radius 3 is 2.56 bits per heavy atom. The highest BCUT2D eigenvalue weighted by atomic mass is 16.2. The average molecular weight is 471 g/mol. The van der Waals surface area contributed by atoms with Gasteiger partial charge in [-0.15, -0.1) is 5.10 Å². The molecular formula is C24H34N6O4. The van der Waals surface area contributed by atoms with Gasteiger partial charge in [-0.3, -0.25) is 19.2 Å². The number of nitrogens with one attached hydrogen (secondary N) is 2. The predicted molar refractivity (Wildman–Crippen MR) is 123 cm³/mol. The standard InChI is InChI=1S/C24H34N6O4/c1-17(31)30-12-7-19-18(16-30)5-2-3-8-24(23(34)25-15-21(32)27-19)9-13-29(14-10-24)22(33)20-6-4-11-26-28-20/h4,6,11,18-19H,2-3,5,7-10,12-16H2,1H3,(H,25,34)(H,27,32)/t18-,19+/m0/s1. The lowest BCUT2D eigenvalue weighted by molar-refractivity contribution is -0.137. The predicted octanol–water partition coefficient (Wildman–Crippen LogP) is 0.742. The van der Waals surface area contributed by atoms with Crippen LogP contribution in [0.15, 0.2) is 18.3 Å². The first-order chi connectivity index (χ1) is 16.4. The van der Waals surface area contributed by atoms with Crippen LogP contribution in [-0.2, 0) is 14.4 Å². The van der Waals surface area contributed by atoms with E-state index in [1.807, 2.05) is 4.90 Å². The fourth-order valence-corrected chi connectivity index (χ4v) is 5.58. The first-order valence-electron chi connectivity index (χ1n) is 12.3. The van der Waals surface area contributed by atoms with Gasteiger partial charge in [0.25, 0.3) is 5.91 Å². The SMILES string of the molecule is CC(=O)N1CC[C@H]2NC(=O)CNC(=O)C3(CCCC[C@H]2C1)CCN(C(=O)c1cccnn1)CC3. The van der Waals surface area contributed by atoms with Crippen LogP contribution in [0, 0.1) is 11.3 Å². The lowest BCUT2D eigenvalue weighted by atomic mass is 9.73. The van der Waals surface area contributed by atoms with Crippen molar-refractivity contribution in [3.05, 3.63) is 24.0 Å². The van der Waals surface area contributed by atoms with E-state index in [0.29, 0.717) is 44.7 Å². The van der Waals surface area contributed by atoms with Gasteiger partial charge in [-0.1, -0.05) is 12.8 Å². The fourth-order valence-electron chi connectivity index (χ4n) is 5.58. The normalized spacial score (nSPS) is 25.9. The molecule has 3 aliphatic rings. The fraction of sp³-hybridized carbons (Fsp3) is 0.667. The summed E-state index contributed by atoms with van der Waals surface area (Å²) in [5.74, 6) is -0.165. The van der Waals surface area contributed by atoms with E-state index in [1.54, 1.807) is 24.0 Å². The van der Waals surface area contributed by atoms with Crippen LogP contribution in [0.2, 0.25) is 0 Å². The van der Waals surface area contributed by atoms with Crippen LogP contribution in [0.1, 0.15) is 62.4 Å². The molecule has 184 valence electrons. The molecule has 4 amide bonds. The van der Waals surface area contributed by atoms with E-state index in [0.717, 1.165) is 32.1 Å². The summed E-state index contributed by atoms with van der Waals surface area (Å²) >= 11 is 0. The highest BCUT2D eigenvalue weighted by molar-refractivity contribution is 5.92. The summed E-state index contributed by atoms with van der Waals surface area (Å²) < 4.78 is 0. The van der Waals surface area contributed by atoms with E-state index < -0.39 is 5.41 Å². The second-order valence-corrected chi connectivity index (χ2v) is 9.80. The third-order valence-electron chi connectivity index (χ3n) is 7.70. The minimum Gasteiger partial charge on any atom is -0.351 e. The number of carbonyl (C=O) groups excluding carboxylic acids is 4. The molecule has 34 heavy (non-hydrogen) atoms. The Balaban J connectivity index is 1.41. The van der Waals surface area contributed by atoms with Gasteiger partial charge in [-0.05, 0) is 50.2 Å². The van der Waals surface area contributed by atoms with E-state index in [1.165, 1.54) is 6.20 Å². The molecular weight excluding hydrogens is 436 g/mol. The van der Waals surface area contributed by atoms with Crippen molar-refractivity contribution in [1.82, 2.24) is 30.6 Å². The number of nitrogens with zero attached hydrogens (tertiary/aromatic N) is 4. The zero-order chi connectivity index (χ0) is 24.1. The van der Waals surface area contributed by atoms with Crippen LogP contribution in [0.4, 0.5) is 0 Å². The Labute approximate surface area is 199 Å². The van der Waals surface area contributed by atoms with Gasteiger partial charge < -0.3 is 20.4 Å². The number of fused-ring (bicyclic) bond motifs is 1. The Bertz CT molecular complexity index is 915. The van der Waals surface area contributed by atoms with E-state index >= 15 is 0 Å². The minimum atomic E-state index is -0.587.